The molecule has 2 atom stereocenters. The molecule has 7 nitrogen and oxygen atoms in total. The zero-order chi connectivity index (χ0) is 16.1. The second-order valence-electron chi connectivity index (χ2n) is 4.98. The lowest BCUT2D eigenvalue weighted by Crippen LogP contribution is -2.47. The van der Waals surface area contributed by atoms with Gasteiger partial charge in [0.1, 0.15) is 11.8 Å². The number of nitrogens with one attached hydrogen (secondary N) is 3. The topological polar surface area (TPSA) is 96.5 Å². The Morgan fingerprint density at radius 2 is 2.09 bits per heavy atom. The number of hydrogen-bond donors (Lipinski definition) is 3. The zero-order valence-electron chi connectivity index (χ0n) is 12.5. The van der Waals surface area contributed by atoms with E-state index in [1.54, 1.807) is 38.1 Å². The standard InChI is InChI=1S/C15H19N3O4/c1-3-16-14(20)9(2)17-13(19)8-12-15(21)18-10-6-4-5-7-11(10)22-12/h4-7,9,12H,3,8H2,1-2H3,(H,16,20)(H,17,19)(H,18,21)/t9-,12-/m1/s1. The number of amides is 3. The van der Waals surface area contributed by atoms with E-state index >= 15 is 0 Å². The lowest BCUT2D eigenvalue weighted by atomic mass is 10.1. The minimum Gasteiger partial charge on any atom is -0.478 e. The van der Waals surface area contributed by atoms with Gasteiger partial charge in [-0.2, -0.15) is 0 Å². The molecule has 0 aromatic heterocycles. The van der Waals surface area contributed by atoms with Gasteiger partial charge in [0, 0.05) is 6.54 Å². The number of anilines is 1. The molecule has 1 aliphatic rings. The van der Waals surface area contributed by atoms with E-state index in [1.807, 2.05) is 0 Å². The highest BCUT2D eigenvalue weighted by Crippen LogP contribution is 2.29. The molecule has 2 rings (SSSR count). The molecule has 0 fully saturated rings. The molecular weight excluding hydrogens is 286 g/mol. The molecule has 0 saturated heterocycles. The van der Waals surface area contributed by atoms with Crippen LogP contribution >= 0.6 is 0 Å². The van der Waals surface area contributed by atoms with Gasteiger partial charge in [-0.05, 0) is 26.0 Å². The van der Waals surface area contributed by atoms with E-state index in [1.165, 1.54) is 0 Å². The number of carbonyl (C=O) groups is 3. The average molecular weight is 305 g/mol. The van der Waals surface area contributed by atoms with Crippen LogP contribution < -0.4 is 20.7 Å². The summed E-state index contributed by atoms with van der Waals surface area (Å²) in [6.07, 6.45) is -1.06. The smallest absolute Gasteiger partial charge is 0.266 e. The van der Waals surface area contributed by atoms with Gasteiger partial charge in [0.25, 0.3) is 5.91 Å². The lowest BCUT2D eigenvalue weighted by molar-refractivity contribution is -0.132. The second kappa shape index (κ2) is 6.93. The van der Waals surface area contributed by atoms with Crippen molar-refractivity contribution in [3.63, 3.8) is 0 Å². The third-order valence-electron chi connectivity index (χ3n) is 3.20. The SMILES string of the molecule is CCNC(=O)[C@@H](C)NC(=O)C[C@H]1Oc2ccccc2NC1=O. The number of carbonyl (C=O) groups excluding carboxylic acids is 3. The number of hydrogen-bond acceptors (Lipinski definition) is 4. The van der Waals surface area contributed by atoms with Gasteiger partial charge in [0.2, 0.25) is 11.8 Å². The maximum atomic E-state index is 11.9. The van der Waals surface area contributed by atoms with Crippen molar-refractivity contribution in [1.29, 1.82) is 0 Å². The van der Waals surface area contributed by atoms with Crippen molar-refractivity contribution in [2.75, 3.05) is 11.9 Å². The van der Waals surface area contributed by atoms with E-state index in [2.05, 4.69) is 16.0 Å². The Morgan fingerprint density at radius 1 is 1.36 bits per heavy atom. The fourth-order valence-corrected chi connectivity index (χ4v) is 2.09. The molecule has 0 radical (unpaired) electrons. The van der Waals surface area contributed by atoms with Crippen molar-refractivity contribution >= 4 is 23.4 Å². The van der Waals surface area contributed by atoms with Gasteiger partial charge < -0.3 is 20.7 Å². The third kappa shape index (κ3) is 3.75. The van der Waals surface area contributed by atoms with Crippen molar-refractivity contribution in [1.82, 2.24) is 10.6 Å². The molecule has 0 bridgehead atoms. The molecule has 118 valence electrons. The van der Waals surface area contributed by atoms with Crippen molar-refractivity contribution in [2.45, 2.75) is 32.4 Å². The van der Waals surface area contributed by atoms with Gasteiger partial charge in [0.15, 0.2) is 6.10 Å². The number of fused-ring (bicyclic) bond motifs is 1. The first kappa shape index (κ1) is 15.8. The summed E-state index contributed by atoms with van der Waals surface area (Å²) in [6, 6.07) is 6.35. The van der Waals surface area contributed by atoms with E-state index in [0.29, 0.717) is 18.0 Å². The van der Waals surface area contributed by atoms with Crippen LogP contribution in [0.5, 0.6) is 5.75 Å². The first-order valence-corrected chi connectivity index (χ1v) is 7.15. The Balaban J connectivity index is 1.92. The van der Waals surface area contributed by atoms with Crippen LogP contribution in [0.4, 0.5) is 5.69 Å². The Bertz CT molecular complexity index is 588. The van der Waals surface area contributed by atoms with Gasteiger partial charge in [-0.25, -0.2) is 0 Å². The minimum absolute atomic E-state index is 0.149. The molecule has 3 N–H and O–H groups in total. The summed E-state index contributed by atoms with van der Waals surface area (Å²) in [5.74, 6) is -0.537. The van der Waals surface area contributed by atoms with Crippen LogP contribution in [0.3, 0.4) is 0 Å². The van der Waals surface area contributed by atoms with Crippen LogP contribution in [0, 0.1) is 0 Å². The fourth-order valence-electron chi connectivity index (χ4n) is 2.09. The first-order chi connectivity index (χ1) is 10.5. The Kier molecular flexibility index (Phi) is 4.98. The van der Waals surface area contributed by atoms with Gasteiger partial charge in [-0.3, -0.25) is 14.4 Å². The molecule has 1 aromatic carbocycles. The van der Waals surface area contributed by atoms with Gasteiger partial charge in [-0.15, -0.1) is 0 Å². The van der Waals surface area contributed by atoms with Gasteiger partial charge >= 0.3 is 0 Å². The molecule has 22 heavy (non-hydrogen) atoms. The predicted molar refractivity (Wildman–Crippen MR) is 80.4 cm³/mol. The minimum atomic E-state index is -0.906. The molecule has 0 spiro atoms. The summed E-state index contributed by atoms with van der Waals surface area (Å²) < 4.78 is 5.53. The highest BCUT2D eigenvalue weighted by molar-refractivity contribution is 6.00. The van der Waals surface area contributed by atoms with Gasteiger partial charge in [-0.1, -0.05) is 12.1 Å². The zero-order valence-corrected chi connectivity index (χ0v) is 12.5. The highest BCUT2D eigenvalue weighted by Gasteiger charge is 2.30. The predicted octanol–water partition coefficient (Wildman–Crippen LogP) is 0.417. The largest absolute Gasteiger partial charge is 0.478 e. The van der Waals surface area contributed by atoms with Crippen LogP contribution in [-0.4, -0.2) is 36.4 Å². The highest BCUT2D eigenvalue weighted by atomic mass is 16.5. The van der Waals surface area contributed by atoms with E-state index in [9.17, 15) is 14.4 Å². The molecule has 1 aliphatic heterocycles. The van der Waals surface area contributed by atoms with Crippen molar-refractivity contribution in [2.24, 2.45) is 0 Å². The van der Waals surface area contributed by atoms with Crippen LogP contribution in [-0.2, 0) is 14.4 Å². The van der Waals surface area contributed by atoms with Crippen LogP contribution in [0.15, 0.2) is 24.3 Å². The van der Waals surface area contributed by atoms with Crippen molar-refractivity contribution in [3.05, 3.63) is 24.3 Å². The lowest BCUT2D eigenvalue weighted by Gasteiger charge is -2.25. The number of rotatable bonds is 5. The Morgan fingerprint density at radius 3 is 2.82 bits per heavy atom. The van der Waals surface area contributed by atoms with Crippen LogP contribution in [0.1, 0.15) is 20.3 Å². The molecule has 0 aliphatic carbocycles. The number of likely N-dealkylation sites (N-methyl/N-ethyl adjacent to an activating group) is 1. The third-order valence-corrected chi connectivity index (χ3v) is 3.20. The number of para-hydroxylation sites is 2. The summed E-state index contributed by atoms with van der Waals surface area (Å²) in [5.41, 5.74) is 0.583. The average Bonchev–Trinajstić information content (AvgIpc) is 2.48. The molecular formula is C15H19N3O4. The molecule has 0 unspecified atom stereocenters. The van der Waals surface area contributed by atoms with E-state index < -0.39 is 18.1 Å². The number of benzene rings is 1. The van der Waals surface area contributed by atoms with E-state index in [4.69, 9.17) is 4.74 Å². The van der Waals surface area contributed by atoms with Crippen LogP contribution in [0.2, 0.25) is 0 Å². The molecule has 3 amide bonds. The summed E-state index contributed by atoms with van der Waals surface area (Å²) in [4.78, 5) is 35.4. The molecule has 0 saturated carbocycles. The summed E-state index contributed by atoms with van der Waals surface area (Å²) >= 11 is 0. The maximum absolute atomic E-state index is 11.9. The van der Waals surface area contributed by atoms with Crippen LogP contribution in [0.25, 0.3) is 0 Å². The Labute approximate surface area is 128 Å². The maximum Gasteiger partial charge on any atom is 0.266 e. The molecule has 1 heterocycles. The van der Waals surface area contributed by atoms with Gasteiger partial charge in [0.05, 0.1) is 12.1 Å². The van der Waals surface area contributed by atoms with E-state index in [-0.39, 0.29) is 18.2 Å². The van der Waals surface area contributed by atoms with Crippen molar-refractivity contribution < 1.29 is 19.1 Å². The van der Waals surface area contributed by atoms with Crippen molar-refractivity contribution in [3.8, 4) is 5.75 Å². The number of ether oxygens (including phenoxy) is 1. The molecule has 1 aromatic rings. The summed E-state index contributed by atoms with van der Waals surface area (Å²) in [7, 11) is 0. The fraction of sp³-hybridized carbons (Fsp3) is 0.400. The molecule has 7 heteroatoms. The Hall–Kier alpha value is -2.57. The second-order valence-corrected chi connectivity index (χ2v) is 4.98. The first-order valence-electron chi connectivity index (χ1n) is 7.15. The summed E-state index contributed by atoms with van der Waals surface area (Å²) in [5, 5.41) is 7.85. The van der Waals surface area contributed by atoms with E-state index in [0.717, 1.165) is 0 Å². The normalized spacial score (nSPS) is 17.5. The quantitative estimate of drug-likeness (QED) is 0.734. The summed E-state index contributed by atoms with van der Waals surface area (Å²) in [6.45, 7) is 3.87. The monoisotopic (exact) mass is 305 g/mol.